The number of amides is 1. The van der Waals surface area contributed by atoms with Gasteiger partial charge in [0.15, 0.2) is 5.76 Å². The first-order chi connectivity index (χ1) is 12.1. The largest absolute Gasteiger partial charge is 0.497 e. The summed E-state index contributed by atoms with van der Waals surface area (Å²) in [5.41, 5.74) is 3.07. The third-order valence-corrected chi connectivity index (χ3v) is 4.01. The summed E-state index contributed by atoms with van der Waals surface area (Å²) >= 11 is 0. The van der Waals surface area contributed by atoms with E-state index in [2.05, 4.69) is 10.3 Å². The van der Waals surface area contributed by atoms with Crippen LogP contribution < -0.4 is 10.1 Å². The van der Waals surface area contributed by atoms with Crippen LogP contribution in [-0.4, -0.2) is 18.0 Å². The number of furan rings is 1. The zero-order valence-corrected chi connectivity index (χ0v) is 13.9. The summed E-state index contributed by atoms with van der Waals surface area (Å²) in [6.45, 7) is 2.01. The Kier molecular flexibility index (Phi) is 3.61. The van der Waals surface area contributed by atoms with E-state index in [1.807, 2.05) is 43.3 Å². The Bertz CT molecular complexity index is 1100. The fourth-order valence-corrected chi connectivity index (χ4v) is 2.74. The number of pyridine rings is 1. The molecule has 0 aliphatic heterocycles. The molecule has 2 aromatic heterocycles. The first-order valence-electron chi connectivity index (χ1n) is 7.89. The molecular weight excluding hydrogens is 316 g/mol. The molecule has 0 saturated heterocycles. The Balaban J connectivity index is 1.68. The number of methoxy groups -OCH3 is 1. The molecule has 1 N–H and O–H groups in total. The Hall–Kier alpha value is -3.34. The molecule has 2 aromatic carbocycles. The minimum Gasteiger partial charge on any atom is -0.497 e. The second kappa shape index (κ2) is 5.94. The number of benzene rings is 2. The molecule has 25 heavy (non-hydrogen) atoms. The lowest BCUT2D eigenvalue weighted by Gasteiger charge is -2.05. The number of ether oxygens (including phenoxy) is 1. The SMILES string of the molecule is COc1cccc(NC(=O)c2cc3cc4ccc(C)cc4nc3o2)c1. The lowest BCUT2D eigenvalue weighted by molar-refractivity contribution is 0.0998. The predicted molar refractivity (Wildman–Crippen MR) is 97.2 cm³/mol. The smallest absolute Gasteiger partial charge is 0.291 e. The predicted octanol–water partition coefficient (Wildman–Crippen LogP) is 4.55. The summed E-state index contributed by atoms with van der Waals surface area (Å²) in [5.74, 6) is 0.564. The number of anilines is 1. The van der Waals surface area contributed by atoms with E-state index in [4.69, 9.17) is 9.15 Å². The van der Waals surface area contributed by atoms with Gasteiger partial charge in [-0.05, 0) is 42.8 Å². The first-order valence-corrected chi connectivity index (χ1v) is 7.89. The number of aryl methyl sites for hydroxylation is 1. The van der Waals surface area contributed by atoms with Crippen LogP contribution in [0.3, 0.4) is 0 Å². The maximum Gasteiger partial charge on any atom is 0.291 e. The molecule has 2 heterocycles. The van der Waals surface area contributed by atoms with E-state index in [1.54, 1.807) is 25.3 Å². The highest BCUT2D eigenvalue weighted by Gasteiger charge is 2.14. The van der Waals surface area contributed by atoms with E-state index in [-0.39, 0.29) is 11.7 Å². The highest BCUT2D eigenvalue weighted by molar-refractivity contribution is 6.05. The second-order valence-corrected chi connectivity index (χ2v) is 5.88. The van der Waals surface area contributed by atoms with E-state index in [1.165, 1.54) is 0 Å². The number of nitrogens with one attached hydrogen (secondary N) is 1. The van der Waals surface area contributed by atoms with Gasteiger partial charge in [0.1, 0.15) is 5.75 Å². The standard InChI is InChI=1S/C20H16N2O3/c1-12-6-7-13-9-14-10-18(25-20(14)22-17(13)8-12)19(23)21-15-4-3-5-16(11-15)24-2/h3-11H,1-2H3,(H,21,23). The molecule has 0 fully saturated rings. The van der Waals surface area contributed by atoms with Gasteiger partial charge in [0, 0.05) is 22.5 Å². The number of hydrogen-bond donors (Lipinski definition) is 1. The molecule has 0 radical (unpaired) electrons. The average Bonchev–Trinajstić information content (AvgIpc) is 3.03. The van der Waals surface area contributed by atoms with Crippen molar-refractivity contribution in [3.63, 3.8) is 0 Å². The van der Waals surface area contributed by atoms with Gasteiger partial charge in [-0.2, -0.15) is 0 Å². The van der Waals surface area contributed by atoms with Gasteiger partial charge in [-0.25, -0.2) is 4.98 Å². The molecular formula is C20H16N2O3. The van der Waals surface area contributed by atoms with Crippen molar-refractivity contribution in [2.75, 3.05) is 12.4 Å². The summed E-state index contributed by atoms with van der Waals surface area (Å²) in [6, 6.07) is 16.9. The molecule has 0 aliphatic rings. The zero-order valence-electron chi connectivity index (χ0n) is 13.9. The Labute approximate surface area is 144 Å². The molecule has 4 rings (SSSR count). The van der Waals surface area contributed by atoms with E-state index >= 15 is 0 Å². The number of carbonyl (C=O) groups is 1. The molecule has 4 aromatic rings. The molecule has 5 nitrogen and oxygen atoms in total. The van der Waals surface area contributed by atoms with Crippen molar-refractivity contribution in [2.24, 2.45) is 0 Å². The summed E-state index contributed by atoms with van der Waals surface area (Å²) in [5, 5.41) is 4.62. The van der Waals surface area contributed by atoms with Gasteiger partial charge in [-0.15, -0.1) is 0 Å². The summed E-state index contributed by atoms with van der Waals surface area (Å²) in [6.07, 6.45) is 0. The van der Waals surface area contributed by atoms with Gasteiger partial charge < -0.3 is 14.5 Å². The maximum atomic E-state index is 12.5. The lowest BCUT2D eigenvalue weighted by atomic mass is 10.1. The Morgan fingerprint density at radius 1 is 1.08 bits per heavy atom. The van der Waals surface area contributed by atoms with Crippen LogP contribution in [0.4, 0.5) is 5.69 Å². The maximum absolute atomic E-state index is 12.5. The molecule has 0 saturated carbocycles. The van der Waals surface area contributed by atoms with E-state index < -0.39 is 0 Å². The third kappa shape index (κ3) is 2.92. The van der Waals surface area contributed by atoms with Crippen molar-refractivity contribution in [1.82, 2.24) is 4.98 Å². The molecule has 0 spiro atoms. The molecule has 0 bridgehead atoms. The van der Waals surface area contributed by atoms with Crippen LogP contribution in [0, 0.1) is 6.92 Å². The zero-order chi connectivity index (χ0) is 17.4. The van der Waals surface area contributed by atoms with Crippen LogP contribution in [0.25, 0.3) is 22.0 Å². The fraction of sp³-hybridized carbons (Fsp3) is 0.100. The minimum absolute atomic E-state index is 0.220. The van der Waals surface area contributed by atoms with Crippen LogP contribution >= 0.6 is 0 Å². The number of carbonyl (C=O) groups excluding carboxylic acids is 1. The van der Waals surface area contributed by atoms with Crippen molar-refractivity contribution in [2.45, 2.75) is 6.92 Å². The average molecular weight is 332 g/mol. The molecule has 0 unspecified atom stereocenters. The first kappa shape index (κ1) is 15.2. The third-order valence-electron chi connectivity index (χ3n) is 4.01. The van der Waals surface area contributed by atoms with Crippen molar-refractivity contribution >= 4 is 33.6 Å². The van der Waals surface area contributed by atoms with Crippen LogP contribution in [0.1, 0.15) is 16.1 Å². The van der Waals surface area contributed by atoms with Crippen molar-refractivity contribution in [1.29, 1.82) is 0 Å². The monoisotopic (exact) mass is 332 g/mol. The number of aromatic nitrogens is 1. The molecule has 1 amide bonds. The van der Waals surface area contributed by atoms with Crippen LogP contribution in [0.15, 0.2) is 59.0 Å². The highest BCUT2D eigenvalue weighted by atomic mass is 16.5. The molecule has 0 aliphatic carbocycles. The number of rotatable bonds is 3. The van der Waals surface area contributed by atoms with Crippen LogP contribution in [0.5, 0.6) is 5.75 Å². The van der Waals surface area contributed by atoms with Gasteiger partial charge in [-0.1, -0.05) is 18.2 Å². The number of nitrogens with zero attached hydrogens (tertiary/aromatic N) is 1. The number of fused-ring (bicyclic) bond motifs is 2. The lowest BCUT2D eigenvalue weighted by Crippen LogP contribution is -2.10. The van der Waals surface area contributed by atoms with Gasteiger partial charge in [0.25, 0.3) is 5.91 Å². The molecule has 5 heteroatoms. The summed E-state index contributed by atoms with van der Waals surface area (Å²) in [4.78, 5) is 17.0. The quantitative estimate of drug-likeness (QED) is 0.598. The normalized spacial score (nSPS) is 11.0. The van der Waals surface area contributed by atoms with Gasteiger partial charge in [-0.3, -0.25) is 4.79 Å². The number of hydrogen-bond acceptors (Lipinski definition) is 4. The van der Waals surface area contributed by atoms with Gasteiger partial charge in [0.2, 0.25) is 5.71 Å². The van der Waals surface area contributed by atoms with Crippen molar-refractivity contribution < 1.29 is 13.9 Å². The van der Waals surface area contributed by atoms with E-state index in [9.17, 15) is 4.79 Å². The Morgan fingerprint density at radius 3 is 2.80 bits per heavy atom. The highest BCUT2D eigenvalue weighted by Crippen LogP contribution is 2.24. The molecule has 0 atom stereocenters. The van der Waals surface area contributed by atoms with Crippen LogP contribution in [0.2, 0.25) is 0 Å². The van der Waals surface area contributed by atoms with Crippen molar-refractivity contribution in [3.8, 4) is 5.75 Å². The van der Waals surface area contributed by atoms with Gasteiger partial charge in [0.05, 0.1) is 12.6 Å². The summed E-state index contributed by atoms with van der Waals surface area (Å²) < 4.78 is 10.8. The molecule has 124 valence electrons. The Morgan fingerprint density at radius 2 is 1.96 bits per heavy atom. The summed E-state index contributed by atoms with van der Waals surface area (Å²) in [7, 11) is 1.58. The fourth-order valence-electron chi connectivity index (χ4n) is 2.74. The van der Waals surface area contributed by atoms with E-state index in [0.717, 1.165) is 21.9 Å². The second-order valence-electron chi connectivity index (χ2n) is 5.88. The van der Waals surface area contributed by atoms with Crippen molar-refractivity contribution in [3.05, 3.63) is 65.9 Å². The van der Waals surface area contributed by atoms with E-state index in [0.29, 0.717) is 17.2 Å². The van der Waals surface area contributed by atoms with Crippen LogP contribution in [-0.2, 0) is 0 Å². The topological polar surface area (TPSA) is 64.4 Å². The minimum atomic E-state index is -0.327. The van der Waals surface area contributed by atoms with Gasteiger partial charge >= 0.3 is 0 Å².